The van der Waals surface area contributed by atoms with Crippen LogP contribution in [0.15, 0.2) is 0 Å². The van der Waals surface area contributed by atoms with Crippen molar-refractivity contribution in [2.75, 3.05) is 11.9 Å². The molecule has 1 rings (SSSR count). The van der Waals surface area contributed by atoms with E-state index in [0.29, 0.717) is 10.4 Å². The van der Waals surface area contributed by atoms with E-state index in [1.165, 1.54) is 11.3 Å². The van der Waals surface area contributed by atoms with Crippen LogP contribution in [0.3, 0.4) is 0 Å². The zero-order valence-corrected chi connectivity index (χ0v) is 9.21. The van der Waals surface area contributed by atoms with Gasteiger partial charge >= 0.3 is 0 Å². The Morgan fingerprint density at radius 2 is 2.43 bits per heavy atom. The fourth-order valence-corrected chi connectivity index (χ4v) is 1.74. The highest BCUT2D eigenvalue weighted by Crippen LogP contribution is 2.10. The summed E-state index contributed by atoms with van der Waals surface area (Å²) in [5.74, 6) is -0.250. The molecule has 78 valence electrons. The number of rotatable bonds is 6. The first-order valence-corrected chi connectivity index (χ1v) is 5.48. The molecule has 0 aliphatic heterocycles. The number of nitrogens with one attached hydrogen (secondary N) is 2. The highest BCUT2D eigenvalue weighted by Gasteiger charge is 1.97. The van der Waals surface area contributed by atoms with Crippen molar-refractivity contribution in [2.24, 2.45) is 5.73 Å². The summed E-state index contributed by atoms with van der Waals surface area (Å²) in [4.78, 5) is 10.4. The monoisotopic (exact) mass is 232 g/mol. The van der Waals surface area contributed by atoms with Crippen LogP contribution in [0.2, 0.25) is 0 Å². The van der Waals surface area contributed by atoms with Crippen molar-refractivity contribution in [3.63, 3.8) is 0 Å². The van der Waals surface area contributed by atoms with Gasteiger partial charge < -0.3 is 11.1 Å². The molecule has 0 aliphatic carbocycles. The van der Waals surface area contributed by atoms with Gasteiger partial charge in [0.2, 0.25) is 11.0 Å². The van der Waals surface area contributed by atoms with E-state index in [2.05, 4.69) is 15.5 Å². The third kappa shape index (κ3) is 4.33. The number of aromatic nitrogens is 2. The molecule has 0 aliphatic rings. The summed E-state index contributed by atoms with van der Waals surface area (Å²) >= 11 is 6.27. The summed E-state index contributed by atoms with van der Waals surface area (Å²) in [6.45, 7) is 0.781. The Hall–Kier alpha value is -0.950. The Kier molecular flexibility index (Phi) is 4.54. The molecule has 0 bridgehead atoms. The molecule has 0 unspecified atom stereocenters. The molecule has 7 heteroatoms. The fourth-order valence-electron chi connectivity index (χ4n) is 0.925. The maximum atomic E-state index is 10.4. The van der Waals surface area contributed by atoms with Crippen LogP contribution in [0, 0.1) is 3.95 Å². The van der Waals surface area contributed by atoms with Crippen molar-refractivity contribution in [1.82, 2.24) is 10.2 Å². The van der Waals surface area contributed by atoms with Gasteiger partial charge in [0.25, 0.3) is 0 Å². The van der Waals surface area contributed by atoms with Gasteiger partial charge in [-0.05, 0) is 25.1 Å². The molecule has 4 N–H and O–H groups in total. The molecule has 0 fully saturated rings. The summed E-state index contributed by atoms with van der Waals surface area (Å²) in [6.07, 6.45) is 2.14. The molecule has 1 aromatic heterocycles. The van der Waals surface area contributed by atoms with Crippen LogP contribution in [0.1, 0.15) is 19.3 Å². The number of unbranched alkanes of at least 4 members (excludes halogenated alkanes) is 1. The first kappa shape index (κ1) is 11.1. The van der Waals surface area contributed by atoms with E-state index in [9.17, 15) is 4.79 Å². The van der Waals surface area contributed by atoms with Gasteiger partial charge in [0, 0.05) is 13.0 Å². The van der Waals surface area contributed by atoms with Gasteiger partial charge in [-0.15, -0.1) is 5.10 Å². The van der Waals surface area contributed by atoms with Crippen LogP contribution in [0.25, 0.3) is 0 Å². The number of aromatic amines is 1. The molecule has 0 saturated heterocycles. The molecule has 5 nitrogen and oxygen atoms in total. The number of nitrogens with two attached hydrogens (primary N) is 1. The lowest BCUT2D eigenvalue weighted by atomic mass is 10.2. The highest BCUT2D eigenvalue weighted by molar-refractivity contribution is 7.73. The van der Waals surface area contributed by atoms with Gasteiger partial charge in [-0.3, -0.25) is 9.89 Å². The van der Waals surface area contributed by atoms with Crippen molar-refractivity contribution >= 4 is 34.6 Å². The minimum atomic E-state index is -0.250. The number of hydrogen-bond donors (Lipinski definition) is 3. The molecule has 0 radical (unpaired) electrons. The highest BCUT2D eigenvalue weighted by atomic mass is 32.1. The third-order valence-corrected chi connectivity index (χ3v) is 2.61. The molecule has 1 heterocycles. The number of carbonyl (C=O) groups is 1. The molecule has 0 aromatic carbocycles. The van der Waals surface area contributed by atoms with Crippen LogP contribution >= 0.6 is 23.6 Å². The van der Waals surface area contributed by atoms with Gasteiger partial charge in [-0.1, -0.05) is 11.3 Å². The molecule has 0 saturated carbocycles. The minimum Gasteiger partial charge on any atom is -0.370 e. The van der Waals surface area contributed by atoms with Gasteiger partial charge in [0.1, 0.15) is 0 Å². The lowest BCUT2D eigenvalue weighted by molar-refractivity contribution is -0.118. The Bertz CT molecular complexity index is 345. The summed E-state index contributed by atoms with van der Waals surface area (Å²) in [6, 6.07) is 0. The fraction of sp³-hybridized carbons (Fsp3) is 0.571. The Morgan fingerprint density at radius 3 is 3.00 bits per heavy atom. The van der Waals surface area contributed by atoms with Gasteiger partial charge in [-0.25, -0.2) is 0 Å². The average Bonchev–Trinajstić information content (AvgIpc) is 2.50. The summed E-state index contributed by atoms with van der Waals surface area (Å²) in [5, 5.41) is 10.5. The number of H-pyrrole nitrogens is 1. The average molecular weight is 232 g/mol. The van der Waals surface area contributed by atoms with E-state index >= 15 is 0 Å². The number of hydrogen-bond acceptors (Lipinski definition) is 5. The van der Waals surface area contributed by atoms with E-state index in [0.717, 1.165) is 24.5 Å². The van der Waals surface area contributed by atoms with Crippen LogP contribution in [-0.4, -0.2) is 22.6 Å². The first-order chi connectivity index (χ1) is 6.68. The molecule has 1 amide bonds. The van der Waals surface area contributed by atoms with Crippen molar-refractivity contribution < 1.29 is 4.79 Å². The first-order valence-electron chi connectivity index (χ1n) is 4.26. The molecule has 0 atom stereocenters. The molecule has 0 spiro atoms. The Labute approximate surface area is 90.7 Å². The largest absolute Gasteiger partial charge is 0.370 e. The van der Waals surface area contributed by atoms with Crippen molar-refractivity contribution in [3.8, 4) is 0 Å². The maximum Gasteiger partial charge on any atom is 0.217 e. The van der Waals surface area contributed by atoms with Crippen LogP contribution in [0.4, 0.5) is 5.13 Å². The maximum absolute atomic E-state index is 10.4. The lowest BCUT2D eigenvalue weighted by Crippen LogP contribution is -2.10. The topological polar surface area (TPSA) is 83.8 Å². The Morgan fingerprint density at radius 1 is 1.64 bits per heavy atom. The molecule has 1 aromatic rings. The quantitative estimate of drug-likeness (QED) is 0.509. The van der Waals surface area contributed by atoms with Crippen molar-refractivity contribution in [1.29, 1.82) is 0 Å². The van der Waals surface area contributed by atoms with Crippen molar-refractivity contribution in [2.45, 2.75) is 19.3 Å². The molecular formula is C7H12N4OS2. The van der Waals surface area contributed by atoms with E-state index in [4.69, 9.17) is 18.0 Å². The molecular weight excluding hydrogens is 220 g/mol. The summed E-state index contributed by atoms with van der Waals surface area (Å²) in [7, 11) is 0. The number of amides is 1. The Balaban J connectivity index is 2.10. The van der Waals surface area contributed by atoms with E-state index in [1.54, 1.807) is 0 Å². The predicted molar refractivity (Wildman–Crippen MR) is 58.8 cm³/mol. The number of carbonyl (C=O) groups excluding carboxylic acids is 1. The van der Waals surface area contributed by atoms with Gasteiger partial charge in [-0.2, -0.15) is 0 Å². The normalized spacial score (nSPS) is 10.0. The van der Waals surface area contributed by atoms with Crippen LogP contribution in [0.5, 0.6) is 0 Å². The molecule has 14 heavy (non-hydrogen) atoms. The predicted octanol–water partition coefficient (Wildman–Crippen LogP) is 1.27. The second-order valence-electron chi connectivity index (χ2n) is 2.77. The zero-order chi connectivity index (χ0) is 10.4. The second-order valence-corrected chi connectivity index (χ2v) is 4.43. The lowest BCUT2D eigenvalue weighted by Gasteiger charge is -1.99. The summed E-state index contributed by atoms with van der Waals surface area (Å²) in [5.41, 5.74) is 5.00. The summed E-state index contributed by atoms with van der Waals surface area (Å²) < 4.78 is 0.657. The van der Waals surface area contributed by atoms with E-state index in [1.807, 2.05) is 0 Å². The minimum absolute atomic E-state index is 0.250. The number of anilines is 1. The van der Waals surface area contributed by atoms with Gasteiger partial charge in [0.15, 0.2) is 3.95 Å². The smallest absolute Gasteiger partial charge is 0.217 e. The zero-order valence-electron chi connectivity index (χ0n) is 7.58. The number of nitrogens with zero attached hydrogens (tertiary/aromatic N) is 1. The van der Waals surface area contributed by atoms with Crippen LogP contribution in [-0.2, 0) is 4.79 Å². The second kappa shape index (κ2) is 5.71. The third-order valence-electron chi connectivity index (χ3n) is 1.56. The van der Waals surface area contributed by atoms with Gasteiger partial charge in [0.05, 0.1) is 0 Å². The van der Waals surface area contributed by atoms with Crippen LogP contribution < -0.4 is 11.1 Å². The SMILES string of the molecule is NC(=O)CCCCNc1n[nH]c(=S)s1. The van der Waals surface area contributed by atoms with E-state index < -0.39 is 0 Å². The standard InChI is InChI=1S/C7H12N4OS2/c8-5(12)3-1-2-4-9-6-10-11-7(13)14-6/h1-4H2,(H2,8,12)(H,9,10)(H,11,13). The van der Waals surface area contributed by atoms with E-state index in [-0.39, 0.29) is 5.91 Å². The van der Waals surface area contributed by atoms with Crippen molar-refractivity contribution in [3.05, 3.63) is 3.95 Å². The number of primary amides is 1.